The minimum atomic E-state index is -3.20. The average Bonchev–Trinajstić information content (AvgIpc) is 3.00. The van der Waals surface area contributed by atoms with Gasteiger partial charge in [-0.25, -0.2) is 12.8 Å². The summed E-state index contributed by atoms with van der Waals surface area (Å²) in [7, 11) is -3.20. The molecule has 0 radical (unpaired) electrons. The van der Waals surface area contributed by atoms with Crippen LogP contribution < -0.4 is 0 Å². The van der Waals surface area contributed by atoms with Crippen LogP contribution in [0.3, 0.4) is 0 Å². The molecule has 1 fully saturated rings. The third-order valence-corrected chi connectivity index (χ3v) is 6.64. The van der Waals surface area contributed by atoms with Crippen molar-refractivity contribution in [2.45, 2.75) is 19.0 Å². The maximum atomic E-state index is 14.2. The van der Waals surface area contributed by atoms with Crippen LogP contribution in [0.25, 0.3) is 6.08 Å². The monoisotopic (exact) mass is 407 g/mol. The fourth-order valence-corrected chi connectivity index (χ4v) is 5.04. The summed E-state index contributed by atoms with van der Waals surface area (Å²) in [5.74, 6) is -0.993. The van der Waals surface area contributed by atoms with Crippen LogP contribution in [-0.4, -0.2) is 36.8 Å². The zero-order valence-corrected chi connectivity index (χ0v) is 16.1. The first kappa shape index (κ1) is 19.6. The molecule has 2 aromatic carbocycles. The average molecular weight is 408 g/mol. The van der Waals surface area contributed by atoms with Crippen LogP contribution in [0.15, 0.2) is 54.6 Å². The number of sulfone groups is 1. The van der Waals surface area contributed by atoms with Crippen molar-refractivity contribution in [2.75, 3.05) is 11.5 Å². The molecule has 4 nitrogen and oxygen atoms in total. The second kappa shape index (κ2) is 8.23. The predicted octanol–water partition coefficient (Wildman–Crippen LogP) is 3.71. The van der Waals surface area contributed by atoms with Crippen LogP contribution in [0.2, 0.25) is 5.02 Å². The third-order valence-electron chi connectivity index (χ3n) is 4.54. The smallest absolute Gasteiger partial charge is 0.247 e. The second-order valence-corrected chi connectivity index (χ2v) is 9.10. The van der Waals surface area contributed by atoms with E-state index in [4.69, 9.17) is 11.6 Å². The number of hydrogen-bond donors (Lipinski definition) is 0. The summed E-state index contributed by atoms with van der Waals surface area (Å²) in [4.78, 5) is 14.2. The van der Waals surface area contributed by atoms with Crippen molar-refractivity contribution in [3.05, 3.63) is 76.6 Å². The van der Waals surface area contributed by atoms with E-state index in [0.29, 0.717) is 6.42 Å². The van der Waals surface area contributed by atoms with Crippen molar-refractivity contribution < 1.29 is 17.6 Å². The summed E-state index contributed by atoms with van der Waals surface area (Å²) in [6.07, 6.45) is 3.37. The number of carbonyl (C=O) groups excluding carboxylic acids is 1. The zero-order chi connectivity index (χ0) is 19.4. The van der Waals surface area contributed by atoms with Gasteiger partial charge >= 0.3 is 0 Å². The maximum absolute atomic E-state index is 14.2. The zero-order valence-electron chi connectivity index (χ0n) is 14.5. The van der Waals surface area contributed by atoms with Gasteiger partial charge in [0.2, 0.25) is 5.91 Å². The van der Waals surface area contributed by atoms with Gasteiger partial charge in [0.25, 0.3) is 0 Å². The lowest BCUT2D eigenvalue weighted by Gasteiger charge is -2.28. The second-order valence-electron chi connectivity index (χ2n) is 6.47. The Morgan fingerprint density at radius 3 is 2.56 bits per heavy atom. The van der Waals surface area contributed by atoms with Crippen molar-refractivity contribution in [3.63, 3.8) is 0 Å². The summed E-state index contributed by atoms with van der Waals surface area (Å²) < 4.78 is 38.0. The van der Waals surface area contributed by atoms with Crippen LogP contribution >= 0.6 is 11.6 Å². The molecule has 142 valence electrons. The van der Waals surface area contributed by atoms with Crippen LogP contribution in [0, 0.1) is 5.82 Å². The molecule has 1 aliphatic heterocycles. The molecule has 0 aromatic heterocycles. The molecule has 27 heavy (non-hydrogen) atoms. The van der Waals surface area contributed by atoms with Gasteiger partial charge in [0.1, 0.15) is 5.82 Å². The van der Waals surface area contributed by atoms with Gasteiger partial charge in [-0.3, -0.25) is 4.79 Å². The van der Waals surface area contributed by atoms with E-state index in [9.17, 15) is 17.6 Å². The van der Waals surface area contributed by atoms with Gasteiger partial charge in [-0.05, 0) is 30.2 Å². The maximum Gasteiger partial charge on any atom is 0.247 e. The van der Waals surface area contributed by atoms with Gasteiger partial charge in [0.05, 0.1) is 18.1 Å². The molecule has 1 unspecified atom stereocenters. The molecular formula is C20H19ClFNO3S. The van der Waals surface area contributed by atoms with Gasteiger partial charge in [-0.2, -0.15) is 0 Å². The molecule has 3 rings (SSSR count). The first-order valence-electron chi connectivity index (χ1n) is 8.53. The van der Waals surface area contributed by atoms with Gasteiger partial charge in [-0.1, -0.05) is 48.0 Å². The Balaban J connectivity index is 1.88. The first-order chi connectivity index (χ1) is 12.9. The molecule has 1 aliphatic rings. The Labute approximate surface area is 163 Å². The molecule has 1 atom stereocenters. The number of carbonyl (C=O) groups is 1. The van der Waals surface area contributed by atoms with Crippen molar-refractivity contribution >= 4 is 33.4 Å². The van der Waals surface area contributed by atoms with Crippen molar-refractivity contribution in [1.29, 1.82) is 0 Å². The number of halogens is 2. The van der Waals surface area contributed by atoms with Crippen LogP contribution in [-0.2, 0) is 21.2 Å². The minimum Gasteiger partial charge on any atom is -0.331 e. The molecule has 2 aromatic rings. The molecule has 1 saturated heterocycles. The van der Waals surface area contributed by atoms with E-state index in [1.807, 2.05) is 30.3 Å². The highest BCUT2D eigenvalue weighted by atomic mass is 35.5. The SMILES string of the molecule is O=C(/C=C/c1ccccc1)N(Cc1c(F)cccc1Cl)C1CCS(=O)(=O)C1. The molecule has 0 saturated carbocycles. The third kappa shape index (κ3) is 4.96. The summed E-state index contributed by atoms with van der Waals surface area (Å²) in [6, 6.07) is 13.1. The predicted molar refractivity (Wildman–Crippen MR) is 104 cm³/mol. The number of amides is 1. The fraction of sp³-hybridized carbons (Fsp3) is 0.250. The van der Waals surface area contributed by atoms with E-state index in [1.165, 1.54) is 23.1 Å². The lowest BCUT2D eigenvalue weighted by atomic mass is 10.1. The van der Waals surface area contributed by atoms with E-state index in [-0.39, 0.29) is 34.5 Å². The standard InChI is InChI=1S/C20H19ClFNO3S/c21-18-7-4-8-19(22)17(18)13-23(16-11-12-27(25,26)14-16)20(24)10-9-15-5-2-1-3-6-15/h1-10,16H,11-14H2/b10-9+. The summed E-state index contributed by atoms with van der Waals surface area (Å²) in [5, 5.41) is 0.209. The minimum absolute atomic E-state index is 0.0227. The number of benzene rings is 2. The Hall–Kier alpha value is -2.18. The van der Waals surface area contributed by atoms with Crippen molar-refractivity contribution in [2.24, 2.45) is 0 Å². The Morgan fingerprint density at radius 1 is 1.19 bits per heavy atom. The molecule has 0 bridgehead atoms. The summed E-state index contributed by atoms with van der Waals surface area (Å²) in [6.45, 7) is -0.0797. The van der Waals surface area contributed by atoms with Crippen LogP contribution in [0.4, 0.5) is 4.39 Å². The first-order valence-corrected chi connectivity index (χ1v) is 10.7. The highest BCUT2D eigenvalue weighted by Crippen LogP contribution is 2.25. The Kier molecular flexibility index (Phi) is 5.97. The van der Waals surface area contributed by atoms with Crippen LogP contribution in [0.1, 0.15) is 17.5 Å². The van der Waals surface area contributed by atoms with Crippen molar-refractivity contribution in [3.8, 4) is 0 Å². The molecule has 1 amide bonds. The molecule has 1 heterocycles. The molecule has 0 N–H and O–H groups in total. The fourth-order valence-electron chi connectivity index (χ4n) is 3.09. The van der Waals surface area contributed by atoms with Gasteiger partial charge in [0, 0.05) is 22.7 Å². The molecular weight excluding hydrogens is 389 g/mol. The molecule has 0 spiro atoms. The van der Waals surface area contributed by atoms with E-state index < -0.39 is 21.7 Å². The normalized spacial score (nSPS) is 18.7. The number of hydrogen-bond acceptors (Lipinski definition) is 3. The number of nitrogens with zero attached hydrogens (tertiary/aromatic N) is 1. The molecule has 7 heteroatoms. The van der Waals surface area contributed by atoms with E-state index in [2.05, 4.69) is 0 Å². The highest BCUT2D eigenvalue weighted by molar-refractivity contribution is 7.91. The van der Waals surface area contributed by atoms with Gasteiger partial charge < -0.3 is 4.90 Å². The van der Waals surface area contributed by atoms with E-state index >= 15 is 0 Å². The quantitative estimate of drug-likeness (QED) is 0.710. The number of rotatable bonds is 5. The Morgan fingerprint density at radius 2 is 1.93 bits per heavy atom. The summed E-state index contributed by atoms with van der Waals surface area (Å²) >= 11 is 6.10. The topological polar surface area (TPSA) is 54.5 Å². The van der Waals surface area contributed by atoms with Crippen LogP contribution in [0.5, 0.6) is 0 Å². The Bertz CT molecular complexity index is 940. The summed E-state index contributed by atoms with van der Waals surface area (Å²) in [5.41, 5.74) is 1.03. The largest absolute Gasteiger partial charge is 0.331 e. The van der Waals surface area contributed by atoms with E-state index in [0.717, 1.165) is 5.56 Å². The lowest BCUT2D eigenvalue weighted by molar-refractivity contribution is -0.128. The van der Waals surface area contributed by atoms with E-state index in [1.54, 1.807) is 12.1 Å². The lowest BCUT2D eigenvalue weighted by Crippen LogP contribution is -2.40. The molecule has 0 aliphatic carbocycles. The van der Waals surface area contributed by atoms with Gasteiger partial charge in [-0.15, -0.1) is 0 Å². The highest BCUT2D eigenvalue weighted by Gasteiger charge is 2.34. The van der Waals surface area contributed by atoms with Crippen molar-refractivity contribution in [1.82, 2.24) is 4.90 Å². The van der Waals surface area contributed by atoms with Gasteiger partial charge in [0.15, 0.2) is 9.84 Å².